The first-order valence-corrected chi connectivity index (χ1v) is 11.8. The molecule has 1 aromatic carbocycles. The third-order valence-corrected chi connectivity index (χ3v) is 6.98. The summed E-state index contributed by atoms with van der Waals surface area (Å²) >= 11 is 1.20. The van der Waals surface area contributed by atoms with Crippen molar-refractivity contribution in [3.8, 4) is 0 Å². The lowest BCUT2D eigenvalue weighted by molar-refractivity contribution is -0.120. The zero-order chi connectivity index (χ0) is 24.2. The third kappa shape index (κ3) is 6.29. The maximum Gasteiger partial charge on any atom is 0.410 e. The molecule has 2 heterocycles. The number of thiophene rings is 1. The van der Waals surface area contributed by atoms with Crippen LogP contribution >= 0.6 is 11.3 Å². The monoisotopic (exact) mass is 481 g/mol. The summed E-state index contributed by atoms with van der Waals surface area (Å²) in [6.07, 6.45) is -0.567. The van der Waals surface area contributed by atoms with Crippen LogP contribution in [0.4, 0.5) is 13.6 Å². The number of aliphatic hydroxyl groups is 1. The highest BCUT2D eigenvalue weighted by Gasteiger charge is 2.41. The topological polar surface area (TPSA) is 87.1 Å². The summed E-state index contributed by atoms with van der Waals surface area (Å²) in [5.74, 6) is -4.36. The van der Waals surface area contributed by atoms with Crippen molar-refractivity contribution in [2.24, 2.45) is 0 Å². The van der Waals surface area contributed by atoms with Gasteiger partial charge in [-0.25, -0.2) is 9.59 Å². The first-order chi connectivity index (χ1) is 15.6. The van der Waals surface area contributed by atoms with E-state index in [1.54, 1.807) is 32.0 Å². The molecule has 1 fully saturated rings. The summed E-state index contributed by atoms with van der Waals surface area (Å²) in [6.45, 7) is 4.07. The predicted octanol–water partition coefficient (Wildman–Crippen LogP) is 5.14. The lowest BCUT2D eigenvalue weighted by Gasteiger charge is -2.36. The van der Waals surface area contributed by atoms with Gasteiger partial charge in [-0.3, -0.25) is 0 Å². The molecule has 2 N–H and O–H groups in total. The van der Waals surface area contributed by atoms with E-state index < -0.39 is 24.1 Å². The minimum atomic E-state index is -3.39. The second kappa shape index (κ2) is 10.6. The lowest BCUT2D eigenvalue weighted by Crippen LogP contribution is -2.47. The molecule has 180 valence electrons. The molecule has 33 heavy (non-hydrogen) atoms. The molecule has 1 aliphatic rings. The average molecular weight is 482 g/mol. The summed E-state index contributed by atoms with van der Waals surface area (Å²) in [5, 5.41) is 19.4. The number of aliphatic hydroxyl groups excluding tert-OH is 1. The standard InChI is InChI=1S/C24H29F2NO5S/c1-15-12-16(2)14-17(13-15)24(25,26)21(28)8-5-18-9-11-32-23(31)27(18)10-3-4-19-6-7-20(33-19)22(29)30/h6-7,12-14,18,21,28H,3-5,8-11H2,1-2H3,(H,29,30). The summed E-state index contributed by atoms with van der Waals surface area (Å²) in [4.78, 5) is 26.0. The Kier molecular flexibility index (Phi) is 8.07. The van der Waals surface area contributed by atoms with Gasteiger partial charge < -0.3 is 19.8 Å². The minimum absolute atomic E-state index is 0.151. The number of carbonyl (C=O) groups is 2. The number of benzene rings is 1. The lowest BCUT2D eigenvalue weighted by atomic mass is 9.94. The van der Waals surface area contributed by atoms with Crippen LogP contribution in [-0.2, 0) is 17.1 Å². The third-order valence-electron chi connectivity index (χ3n) is 5.84. The molecule has 0 radical (unpaired) electrons. The second-order valence-electron chi connectivity index (χ2n) is 8.52. The Bertz CT molecular complexity index is 973. The maximum absolute atomic E-state index is 14.9. The fourth-order valence-corrected chi connectivity index (χ4v) is 5.07. The number of aromatic carboxylic acids is 1. The Morgan fingerprint density at radius 3 is 2.61 bits per heavy atom. The zero-order valence-electron chi connectivity index (χ0n) is 18.7. The minimum Gasteiger partial charge on any atom is -0.477 e. The molecule has 2 atom stereocenters. The van der Waals surface area contributed by atoms with Crippen LogP contribution in [0.2, 0.25) is 0 Å². The number of carbonyl (C=O) groups excluding carboxylic acids is 1. The fraction of sp³-hybridized carbons (Fsp3) is 0.500. The van der Waals surface area contributed by atoms with Crippen LogP contribution in [0.25, 0.3) is 0 Å². The first kappa shape index (κ1) is 25.1. The number of alkyl halides is 2. The summed E-state index contributed by atoms with van der Waals surface area (Å²) < 4.78 is 34.9. The van der Waals surface area contributed by atoms with Gasteiger partial charge in [0.1, 0.15) is 11.0 Å². The van der Waals surface area contributed by atoms with E-state index in [4.69, 9.17) is 9.84 Å². The molecular weight excluding hydrogens is 452 g/mol. The Balaban J connectivity index is 1.58. The molecular formula is C24H29F2NO5S. The van der Waals surface area contributed by atoms with Crippen molar-refractivity contribution in [2.45, 2.75) is 64.0 Å². The van der Waals surface area contributed by atoms with Crippen molar-refractivity contribution >= 4 is 23.4 Å². The molecule has 9 heteroatoms. The Morgan fingerprint density at radius 2 is 1.97 bits per heavy atom. The van der Waals surface area contributed by atoms with Gasteiger partial charge in [0.25, 0.3) is 5.92 Å². The van der Waals surface area contributed by atoms with E-state index in [1.165, 1.54) is 28.4 Å². The van der Waals surface area contributed by atoms with E-state index in [-0.39, 0.29) is 35.9 Å². The van der Waals surface area contributed by atoms with Crippen LogP contribution in [0.5, 0.6) is 0 Å². The van der Waals surface area contributed by atoms with Gasteiger partial charge in [-0.15, -0.1) is 11.3 Å². The predicted molar refractivity (Wildman–Crippen MR) is 121 cm³/mol. The number of carboxylic acids is 1. The number of aryl methyl sites for hydroxylation is 3. The van der Waals surface area contributed by atoms with Gasteiger partial charge in [0, 0.05) is 29.4 Å². The maximum atomic E-state index is 14.9. The molecule has 0 spiro atoms. The normalized spacial score (nSPS) is 17.7. The quantitative estimate of drug-likeness (QED) is 0.491. The van der Waals surface area contributed by atoms with E-state index in [1.807, 2.05) is 0 Å². The zero-order valence-corrected chi connectivity index (χ0v) is 19.5. The number of hydrogen-bond donors (Lipinski definition) is 2. The van der Waals surface area contributed by atoms with Crippen molar-refractivity contribution in [1.29, 1.82) is 0 Å². The van der Waals surface area contributed by atoms with E-state index in [2.05, 4.69) is 0 Å². The fourth-order valence-electron chi connectivity index (χ4n) is 4.19. The van der Waals surface area contributed by atoms with Crippen molar-refractivity contribution in [1.82, 2.24) is 4.90 Å². The smallest absolute Gasteiger partial charge is 0.410 e. The molecule has 6 nitrogen and oxygen atoms in total. The summed E-state index contributed by atoms with van der Waals surface area (Å²) in [7, 11) is 0. The number of nitrogens with zero attached hydrogens (tertiary/aromatic N) is 1. The molecule has 2 unspecified atom stereocenters. The SMILES string of the molecule is Cc1cc(C)cc(C(F)(F)C(O)CCC2CCOC(=O)N2CCCc2ccc(C(=O)O)s2)c1. The van der Waals surface area contributed by atoms with Crippen LogP contribution in [0.1, 0.15) is 56.9 Å². The van der Waals surface area contributed by atoms with Gasteiger partial charge in [0.15, 0.2) is 0 Å². The Labute approximate surface area is 195 Å². The van der Waals surface area contributed by atoms with Crippen LogP contribution in [0.3, 0.4) is 0 Å². The summed E-state index contributed by atoms with van der Waals surface area (Å²) in [5.41, 5.74) is 1.21. The molecule has 1 aliphatic heterocycles. The van der Waals surface area contributed by atoms with Crippen molar-refractivity contribution < 1.29 is 33.3 Å². The van der Waals surface area contributed by atoms with Crippen LogP contribution in [0.15, 0.2) is 30.3 Å². The number of ether oxygens (including phenoxy) is 1. The van der Waals surface area contributed by atoms with Gasteiger partial charge in [0.2, 0.25) is 0 Å². The van der Waals surface area contributed by atoms with Gasteiger partial charge >= 0.3 is 12.1 Å². The molecule has 3 rings (SSSR count). The molecule has 1 amide bonds. The Morgan fingerprint density at radius 1 is 1.27 bits per heavy atom. The van der Waals surface area contributed by atoms with Gasteiger partial charge in [-0.05, 0) is 63.8 Å². The molecule has 0 aliphatic carbocycles. The highest BCUT2D eigenvalue weighted by molar-refractivity contribution is 7.13. The number of carboxylic acid groups (broad SMARTS) is 1. The van der Waals surface area contributed by atoms with Crippen LogP contribution in [0, 0.1) is 13.8 Å². The van der Waals surface area contributed by atoms with Crippen molar-refractivity contribution in [2.75, 3.05) is 13.2 Å². The highest BCUT2D eigenvalue weighted by atomic mass is 32.1. The number of halogens is 2. The van der Waals surface area contributed by atoms with Gasteiger partial charge in [0.05, 0.1) is 6.61 Å². The van der Waals surface area contributed by atoms with E-state index in [0.717, 1.165) is 4.88 Å². The van der Waals surface area contributed by atoms with Gasteiger partial charge in [-0.2, -0.15) is 8.78 Å². The molecule has 2 aromatic rings. The first-order valence-electron chi connectivity index (χ1n) is 11.0. The van der Waals surface area contributed by atoms with Gasteiger partial charge in [-0.1, -0.05) is 17.2 Å². The number of hydrogen-bond acceptors (Lipinski definition) is 5. The number of cyclic esters (lactones) is 1. The van der Waals surface area contributed by atoms with E-state index >= 15 is 0 Å². The molecule has 0 bridgehead atoms. The van der Waals surface area contributed by atoms with E-state index in [9.17, 15) is 23.5 Å². The molecule has 1 aromatic heterocycles. The highest BCUT2D eigenvalue weighted by Crippen LogP contribution is 2.35. The van der Waals surface area contributed by atoms with Crippen LogP contribution < -0.4 is 0 Å². The molecule has 0 saturated carbocycles. The van der Waals surface area contributed by atoms with Crippen molar-refractivity contribution in [3.63, 3.8) is 0 Å². The largest absolute Gasteiger partial charge is 0.477 e. The molecule has 1 saturated heterocycles. The van der Waals surface area contributed by atoms with E-state index in [0.29, 0.717) is 36.9 Å². The van der Waals surface area contributed by atoms with Crippen LogP contribution in [-0.4, -0.2) is 52.5 Å². The second-order valence-corrected chi connectivity index (χ2v) is 9.69. The Hall–Kier alpha value is -2.52. The average Bonchev–Trinajstić information content (AvgIpc) is 3.22. The number of amides is 1. The van der Waals surface area contributed by atoms with Crippen molar-refractivity contribution in [3.05, 3.63) is 56.8 Å². The number of rotatable bonds is 10. The summed E-state index contributed by atoms with van der Waals surface area (Å²) in [6, 6.07) is 7.59.